The molecule has 0 aromatic carbocycles. The van der Waals surface area contributed by atoms with Crippen LogP contribution >= 0.6 is 24.0 Å². The molecule has 1 aromatic heterocycles. The number of halogens is 1. The molecule has 7 nitrogen and oxygen atoms in total. The summed E-state index contributed by atoms with van der Waals surface area (Å²) >= 11 is 0. The zero-order chi connectivity index (χ0) is 21.4. The van der Waals surface area contributed by atoms with Crippen LogP contribution in [0.5, 0.6) is 0 Å². The SMILES string of the molecule is CN=C(NCCN(C(C)C)C(C)C)NCc1ccc(N2CC(C)OC(C)C2)nc1.I. The third kappa shape index (κ3) is 8.55. The van der Waals surface area contributed by atoms with Crippen LogP contribution in [0.4, 0.5) is 5.82 Å². The first-order valence-corrected chi connectivity index (χ1v) is 10.9. The molecule has 0 bridgehead atoms. The molecule has 0 saturated carbocycles. The number of aromatic nitrogens is 1. The molecule has 0 aliphatic carbocycles. The van der Waals surface area contributed by atoms with Gasteiger partial charge in [0.1, 0.15) is 5.82 Å². The largest absolute Gasteiger partial charge is 0.372 e. The summed E-state index contributed by atoms with van der Waals surface area (Å²) in [5.74, 6) is 1.83. The van der Waals surface area contributed by atoms with Crippen molar-refractivity contribution in [3.8, 4) is 0 Å². The first-order chi connectivity index (χ1) is 13.8. The summed E-state index contributed by atoms with van der Waals surface area (Å²) < 4.78 is 5.81. The highest BCUT2D eigenvalue weighted by Crippen LogP contribution is 2.18. The molecule has 0 amide bonds. The number of nitrogens with zero attached hydrogens (tertiary/aromatic N) is 4. The molecule has 1 aliphatic heterocycles. The predicted octanol–water partition coefficient (Wildman–Crippen LogP) is 3.10. The van der Waals surface area contributed by atoms with Gasteiger partial charge in [-0.05, 0) is 53.2 Å². The Morgan fingerprint density at radius 1 is 1.17 bits per heavy atom. The maximum atomic E-state index is 5.81. The Bertz CT molecular complexity index is 619. The molecule has 1 fully saturated rings. The smallest absolute Gasteiger partial charge is 0.191 e. The van der Waals surface area contributed by atoms with E-state index in [1.807, 2.05) is 6.20 Å². The molecule has 2 N–H and O–H groups in total. The molecule has 2 rings (SSSR count). The van der Waals surface area contributed by atoms with Crippen LogP contribution in [-0.4, -0.2) is 73.4 Å². The number of anilines is 1. The van der Waals surface area contributed by atoms with Crippen molar-refractivity contribution in [2.24, 2.45) is 4.99 Å². The third-order valence-electron chi connectivity index (χ3n) is 5.23. The molecular formula is C22H41IN6O. The number of hydrogen-bond donors (Lipinski definition) is 2. The zero-order valence-corrected chi connectivity index (χ0v) is 22.0. The second kappa shape index (κ2) is 13.3. The first kappa shape index (κ1) is 26.9. The Hall–Kier alpha value is -1.13. The van der Waals surface area contributed by atoms with Gasteiger partial charge in [0.15, 0.2) is 5.96 Å². The molecule has 1 saturated heterocycles. The Morgan fingerprint density at radius 3 is 2.30 bits per heavy atom. The van der Waals surface area contributed by atoms with Crippen molar-refractivity contribution in [3.63, 3.8) is 0 Å². The minimum absolute atomic E-state index is 0. The van der Waals surface area contributed by atoms with E-state index < -0.39 is 0 Å². The van der Waals surface area contributed by atoms with Gasteiger partial charge in [0, 0.05) is 58.1 Å². The second-order valence-corrected chi connectivity index (χ2v) is 8.46. The van der Waals surface area contributed by atoms with Crippen LogP contribution in [-0.2, 0) is 11.3 Å². The average molecular weight is 533 g/mol. The van der Waals surface area contributed by atoms with Crippen LogP contribution in [0.3, 0.4) is 0 Å². The summed E-state index contributed by atoms with van der Waals surface area (Å²) in [5.41, 5.74) is 1.14. The van der Waals surface area contributed by atoms with Crippen molar-refractivity contribution in [3.05, 3.63) is 23.9 Å². The van der Waals surface area contributed by atoms with E-state index in [0.717, 1.165) is 43.5 Å². The van der Waals surface area contributed by atoms with Gasteiger partial charge >= 0.3 is 0 Å². The summed E-state index contributed by atoms with van der Waals surface area (Å²) in [7, 11) is 1.81. The summed E-state index contributed by atoms with van der Waals surface area (Å²) in [4.78, 5) is 13.8. The quantitative estimate of drug-likeness (QED) is 0.305. The lowest BCUT2D eigenvalue weighted by atomic mass is 10.2. The lowest BCUT2D eigenvalue weighted by molar-refractivity contribution is -0.00545. The molecule has 1 aromatic rings. The number of nitrogens with one attached hydrogen (secondary N) is 2. The van der Waals surface area contributed by atoms with Gasteiger partial charge < -0.3 is 20.3 Å². The van der Waals surface area contributed by atoms with Gasteiger partial charge in [-0.25, -0.2) is 4.98 Å². The molecule has 1 aliphatic rings. The predicted molar refractivity (Wildman–Crippen MR) is 137 cm³/mol. The van der Waals surface area contributed by atoms with Crippen molar-refractivity contribution < 1.29 is 4.74 Å². The fourth-order valence-electron chi connectivity index (χ4n) is 3.90. The fourth-order valence-corrected chi connectivity index (χ4v) is 3.90. The van der Waals surface area contributed by atoms with Crippen LogP contribution < -0.4 is 15.5 Å². The standard InChI is InChI=1S/C22H40N6O.HI/c1-16(2)28(17(3)4)11-10-24-22(23-7)26-13-20-8-9-21(25-12-20)27-14-18(5)29-19(6)15-27;/h8-9,12,16-19H,10-11,13-15H2,1-7H3,(H2,23,24,26);1H. The molecule has 30 heavy (non-hydrogen) atoms. The second-order valence-electron chi connectivity index (χ2n) is 8.46. The van der Waals surface area contributed by atoms with E-state index in [-0.39, 0.29) is 36.2 Å². The summed E-state index contributed by atoms with van der Waals surface area (Å²) in [6.45, 7) is 17.5. The Morgan fingerprint density at radius 2 is 1.80 bits per heavy atom. The minimum atomic E-state index is 0. The highest BCUT2D eigenvalue weighted by atomic mass is 127. The van der Waals surface area contributed by atoms with Crippen molar-refractivity contribution >= 4 is 35.8 Å². The average Bonchev–Trinajstić information content (AvgIpc) is 2.66. The van der Waals surface area contributed by atoms with E-state index in [2.05, 4.69) is 84.1 Å². The van der Waals surface area contributed by atoms with Crippen LogP contribution in [0.2, 0.25) is 0 Å². The summed E-state index contributed by atoms with van der Waals surface area (Å²) in [6.07, 6.45) is 2.41. The summed E-state index contributed by atoms with van der Waals surface area (Å²) in [6, 6.07) is 5.30. The zero-order valence-electron chi connectivity index (χ0n) is 19.7. The lowest BCUT2D eigenvalue weighted by Crippen LogP contribution is -2.45. The highest BCUT2D eigenvalue weighted by molar-refractivity contribution is 14.0. The highest BCUT2D eigenvalue weighted by Gasteiger charge is 2.23. The Kier molecular flexibility index (Phi) is 11.9. The van der Waals surface area contributed by atoms with E-state index in [4.69, 9.17) is 4.74 Å². The molecule has 8 heteroatoms. The van der Waals surface area contributed by atoms with E-state index in [0.29, 0.717) is 18.6 Å². The third-order valence-corrected chi connectivity index (χ3v) is 5.23. The van der Waals surface area contributed by atoms with Crippen LogP contribution in [0, 0.1) is 0 Å². The van der Waals surface area contributed by atoms with Gasteiger partial charge in [0.2, 0.25) is 0 Å². The van der Waals surface area contributed by atoms with Gasteiger partial charge in [-0.2, -0.15) is 0 Å². The fraction of sp³-hybridized carbons (Fsp3) is 0.727. The number of hydrogen-bond acceptors (Lipinski definition) is 5. The number of ether oxygens (including phenoxy) is 1. The topological polar surface area (TPSA) is 65.0 Å². The molecule has 2 atom stereocenters. The van der Waals surface area contributed by atoms with Crippen molar-refractivity contribution in [1.29, 1.82) is 0 Å². The number of aliphatic imine (C=N–C) groups is 1. The van der Waals surface area contributed by atoms with E-state index in [1.54, 1.807) is 7.05 Å². The van der Waals surface area contributed by atoms with Crippen LogP contribution in [0.15, 0.2) is 23.3 Å². The van der Waals surface area contributed by atoms with Gasteiger partial charge in [-0.15, -0.1) is 24.0 Å². The van der Waals surface area contributed by atoms with E-state index in [1.165, 1.54) is 0 Å². The van der Waals surface area contributed by atoms with Gasteiger partial charge in [0.25, 0.3) is 0 Å². The molecular weight excluding hydrogens is 491 g/mol. The van der Waals surface area contributed by atoms with Gasteiger partial charge in [0.05, 0.1) is 12.2 Å². The number of pyridine rings is 1. The Labute approximate surface area is 200 Å². The molecule has 172 valence electrons. The van der Waals surface area contributed by atoms with Crippen molar-refractivity contribution in [2.75, 3.05) is 38.1 Å². The van der Waals surface area contributed by atoms with Crippen LogP contribution in [0.25, 0.3) is 0 Å². The summed E-state index contributed by atoms with van der Waals surface area (Å²) in [5, 5.41) is 6.79. The molecule has 2 unspecified atom stereocenters. The Balaban J connectivity index is 0.00000450. The number of guanidine groups is 1. The molecule has 2 heterocycles. The number of morpholine rings is 1. The number of rotatable bonds is 8. The molecule has 0 radical (unpaired) electrons. The van der Waals surface area contributed by atoms with Crippen molar-refractivity contribution in [2.45, 2.75) is 72.4 Å². The molecule has 0 spiro atoms. The normalized spacial score (nSPS) is 19.9. The van der Waals surface area contributed by atoms with Gasteiger partial charge in [-0.1, -0.05) is 6.07 Å². The lowest BCUT2D eigenvalue weighted by Gasteiger charge is -2.36. The maximum absolute atomic E-state index is 5.81. The minimum Gasteiger partial charge on any atom is -0.372 e. The van der Waals surface area contributed by atoms with Crippen molar-refractivity contribution in [1.82, 2.24) is 20.5 Å². The van der Waals surface area contributed by atoms with E-state index in [9.17, 15) is 0 Å². The van der Waals surface area contributed by atoms with E-state index >= 15 is 0 Å². The first-order valence-electron chi connectivity index (χ1n) is 10.9. The van der Waals surface area contributed by atoms with Gasteiger partial charge in [-0.3, -0.25) is 9.89 Å². The van der Waals surface area contributed by atoms with Crippen LogP contribution in [0.1, 0.15) is 47.1 Å². The monoisotopic (exact) mass is 532 g/mol. The maximum Gasteiger partial charge on any atom is 0.191 e.